The number of allylic oxidation sites excluding steroid dienone is 3. The molecule has 0 aromatic rings. The van der Waals surface area contributed by atoms with Crippen LogP contribution in [0.4, 0.5) is 0 Å². The first kappa shape index (κ1) is 10.1. The number of likely N-dealkylation sites (N-methyl/N-ethyl adjacent to an activating group) is 1. The largest absolute Gasteiger partial charge is 0.466 e. The van der Waals surface area contributed by atoms with E-state index in [2.05, 4.69) is 23.5 Å². The van der Waals surface area contributed by atoms with Crippen molar-refractivity contribution in [3.63, 3.8) is 0 Å². The zero-order valence-electron chi connectivity index (χ0n) is 8.77. The van der Waals surface area contributed by atoms with Crippen LogP contribution in [0.3, 0.4) is 0 Å². The van der Waals surface area contributed by atoms with E-state index in [4.69, 9.17) is 9.47 Å². The van der Waals surface area contributed by atoms with Crippen molar-refractivity contribution in [2.75, 3.05) is 7.05 Å². The van der Waals surface area contributed by atoms with Gasteiger partial charge in [-0.25, -0.2) is 0 Å². The maximum Gasteiger partial charge on any atom is 0.159 e. The molecule has 1 atom stereocenters. The van der Waals surface area contributed by atoms with Crippen molar-refractivity contribution in [2.24, 2.45) is 0 Å². The molecule has 3 heteroatoms. The van der Waals surface area contributed by atoms with Crippen molar-refractivity contribution in [3.05, 3.63) is 48.3 Å². The van der Waals surface area contributed by atoms with Gasteiger partial charge in [0, 0.05) is 0 Å². The van der Waals surface area contributed by atoms with Crippen molar-refractivity contribution < 1.29 is 9.47 Å². The van der Waals surface area contributed by atoms with Gasteiger partial charge in [-0.3, -0.25) is 0 Å². The first-order valence-corrected chi connectivity index (χ1v) is 5.12. The average Bonchev–Trinajstić information content (AvgIpc) is 2.33. The van der Waals surface area contributed by atoms with Crippen LogP contribution in [0.1, 0.15) is 12.8 Å². The maximum atomic E-state index is 5.41. The van der Waals surface area contributed by atoms with Crippen LogP contribution in [0.2, 0.25) is 0 Å². The Kier molecular flexibility index (Phi) is 3.25. The Bertz CT molecular complexity index is 340. The molecular formula is C12H15NO2. The molecule has 1 aliphatic heterocycles. The summed E-state index contributed by atoms with van der Waals surface area (Å²) in [5.74, 6) is 0.807. The Balaban J connectivity index is 2.12. The van der Waals surface area contributed by atoms with Gasteiger partial charge in [0.1, 0.15) is 18.8 Å². The molecule has 0 aromatic heterocycles. The minimum atomic E-state index is 0.111. The summed E-state index contributed by atoms with van der Waals surface area (Å²) in [4.78, 5) is 0. The fraction of sp³-hybridized carbons (Fsp3) is 0.333. The molecule has 2 aliphatic rings. The van der Waals surface area contributed by atoms with Crippen LogP contribution < -0.4 is 5.32 Å². The predicted octanol–water partition coefficient (Wildman–Crippen LogP) is 2.21. The molecule has 1 unspecified atom stereocenters. The zero-order chi connectivity index (χ0) is 10.5. The highest BCUT2D eigenvalue weighted by Crippen LogP contribution is 2.22. The molecule has 0 aromatic carbocycles. The first-order valence-electron chi connectivity index (χ1n) is 5.12. The van der Waals surface area contributed by atoms with Gasteiger partial charge in [0.05, 0.1) is 6.04 Å². The van der Waals surface area contributed by atoms with Crippen LogP contribution in [0.25, 0.3) is 0 Å². The highest BCUT2D eigenvalue weighted by molar-refractivity contribution is 5.29. The van der Waals surface area contributed by atoms with E-state index in [0.29, 0.717) is 0 Å². The van der Waals surface area contributed by atoms with Crippen molar-refractivity contribution >= 4 is 0 Å². The maximum absolute atomic E-state index is 5.41. The Morgan fingerprint density at radius 2 is 2.33 bits per heavy atom. The number of rotatable bonds is 3. The number of ether oxygens (including phenoxy) is 2. The molecule has 0 amide bonds. The molecule has 0 saturated carbocycles. The predicted molar refractivity (Wildman–Crippen MR) is 58.7 cm³/mol. The van der Waals surface area contributed by atoms with Gasteiger partial charge in [-0.05, 0) is 25.5 Å². The Morgan fingerprint density at radius 3 is 2.93 bits per heavy atom. The fourth-order valence-electron chi connectivity index (χ4n) is 1.78. The van der Waals surface area contributed by atoms with Gasteiger partial charge >= 0.3 is 0 Å². The normalized spacial score (nSPS) is 21.1. The molecule has 80 valence electrons. The summed E-state index contributed by atoms with van der Waals surface area (Å²) in [5.41, 5.74) is 1.32. The molecule has 0 spiro atoms. The Morgan fingerprint density at radius 1 is 1.40 bits per heavy atom. The summed E-state index contributed by atoms with van der Waals surface area (Å²) in [6.07, 6.45) is 13.3. The summed E-state index contributed by atoms with van der Waals surface area (Å²) < 4.78 is 10.5. The van der Waals surface area contributed by atoms with Crippen LogP contribution >= 0.6 is 0 Å². The van der Waals surface area contributed by atoms with E-state index in [1.807, 2.05) is 7.05 Å². The molecule has 0 fully saturated rings. The van der Waals surface area contributed by atoms with E-state index in [-0.39, 0.29) is 6.04 Å². The van der Waals surface area contributed by atoms with Crippen LogP contribution in [-0.4, -0.2) is 13.1 Å². The van der Waals surface area contributed by atoms with Crippen molar-refractivity contribution in [3.8, 4) is 0 Å². The Hall–Kier alpha value is -1.48. The van der Waals surface area contributed by atoms with Gasteiger partial charge in [-0.1, -0.05) is 18.2 Å². The monoisotopic (exact) mass is 205 g/mol. The lowest BCUT2D eigenvalue weighted by Gasteiger charge is -2.23. The molecule has 15 heavy (non-hydrogen) atoms. The molecule has 1 heterocycles. The van der Waals surface area contributed by atoms with E-state index < -0.39 is 0 Å². The van der Waals surface area contributed by atoms with Gasteiger partial charge < -0.3 is 14.8 Å². The van der Waals surface area contributed by atoms with Crippen LogP contribution in [-0.2, 0) is 9.47 Å². The quantitative estimate of drug-likeness (QED) is 0.766. The van der Waals surface area contributed by atoms with E-state index in [1.165, 1.54) is 11.8 Å². The third kappa shape index (κ3) is 2.30. The van der Waals surface area contributed by atoms with E-state index in [0.717, 1.165) is 18.6 Å². The summed E-state index contributed by atoms with van der Waals surface area (Å²) in [6.45, 7) is 0. The summed E-state index contributed by atoms with van der Waals surface area (Å²) >= 11 is 0. The van der Waals surface area contributed by atoms with Gasteiger partial charge in [0.2, 0.25) is 0 Å². The minimum absolute atomic E-state index is 0.111. The van der Waals surface area contributed by atoms with Crippen molar-refractivity contribution in [1.82, 2.24) is 5.32 Å². The third-order valence-corrected chi connectivity index (χ3v) is 2.51. The van der Waals surface area contributed by atoms with E-state index in [1.54, 1.807) is 12.5 Å². The highest BCUT2D eigenvalue weighted by atomic mass is 16.5. The molecule has 0 radical (unpaired) electrons. The van der Waals surface area contributed by atoms with Gasteiger partial charge in [0.25, 0.3) is 0 Å². The van der Waals surface area contributed by atoms with Gasteiger partial charge in [-0.2, -0.15) is 0 Å². The van der Waals surface area contributed by atoms with E-state index >= 15 is 0 Å². The van der Waals surface area contributed by atoms with Crippen LogP contribution in [0.15, 0.2) is 48.3 Å². The molecule has 0 bridgehead atoms. The topological polar surface area (TPSA) is 30.5 Å². The zero-order valence-corrected chi connectivity index (χ0v) is 8.77. The lowest BCUT2D eigenvalue weighted by Crippen LogP contribution is -2.31. The molecule has 2 rings (SSSR count). The molecular weight excluding hydrogens is 190 g/mol. The standard InChI is InChI=1S/C12H15NO2/c1-13-12(10-5-3-2-4-6-10)11-9-14-7-8-15-11/h2-3,5,7-9,12-13H,4,6H2,1H3. The summed E-state index contributed by atoms with van der Waals surface area (Å²) in [6, 6.07) is 0.111. The minimum Gasteiger partial charge on any atom is -0.466 e. The SMILES string of the molecule is CNC(C1=CC=CCC1)C1=COC=CO1. The smallest absolute Gasteiger partial charge is 0.159 e. The van der Waals surface area contributed by atoms with Crippen LogP contribution in [0, 0.1) is 0 Å². The average molecular weight is 205 g/mol. The molecule has 3 nitrogen and oxygen atoms in total. The number of nitrogens with one attached hydrogen (secondary N) is 1. The lowest BCUT2D eigenvalue weighted by molar-refractivity contribution is 0.235. The van der Waals surface area contributed by atoms with Crippen molar-refractivity contribution in [1.29, 1.82) is 0 Å². The van der Waals surface area contributed by atoms with Crippen molar-refractivity contribution in [2.45, 2.75) is 18.9 Å². The Labute approximate surface area is 89.8 Å². The molecule has 1 N–H and O–H groups in total. The van der Waals surface area contributed by atoms with Gasteiger partial charge in [-0.15, -0.1) is 0 Å². The molecule has 1 aliphatic carbocycles. The summed E-state index contributed by atoms with van der Waals surface area (Å²) in [5, 5.41) is 3.23. The second-order valence-corrected chi connectivity index (χ2v) is 3.48. The third-order valence-electron chi connectivity index (χ3n) is 2.51. The first-order chi connectivity index (χ1) is 7.42. The highest BCUT2D eigenvalue weighted by Gasteiger charge is 2.20. The van der Waals surface area contributed by atoms with Gasteiger partial charge in [0.15, 0.2) is 5.76 Å². The molecule has 0 saturated heterocycles. The number of hydrogen-bond donors (Lipinski definition) is 1. The second-order valence-electron chi connectivity index (χ2n) is 3.48. The lowest BCUT2D eigenvalue weighted by atomic mass is 9.97. The van der Waals surface area contributed by atoms with Crippen LogP contribution in [0.5, 0.6) is 0 Å². The summed E-state index contributed by atoms with van der Waals surface area (Å²) in [7, 11) is 1.92. The number of hydrogen-bond acceptors (Lipinski definition) is 3. The fourth-order valence-corrected chi connectivity index (χ4v) is 1.78. The van der Waals surface area contributed by atoms with E-state index in [9.17, 15) is 0 Å². The second kappa shape index (κ2) is 4.84.